The molecule has 0 saturated carbocycles. The number of aliphatic hydroxyl groups excluding tert-OH is 1. The average Bonchev–Trinajstić information content (AvgIpc) is 2.94. The topological polar surface area (TPSA) is 133 Å². The van der Waals surface area contributed by atoms with Crippen molar-refractivity contribution in [2.24, 2.45) is 0 Å². The van der Waals surface area contributed by atoms with E-state index in [2.05, 4.69) is 19.7 Å². The number of hydrogen-bond donors (Lipinski definition) is 2. The smallest absolute Gasteiger partial charge is 0.280 e. The number of nitrogens with one attached hydrogen (secondary N) is 1. The van der Waals surface area contributed by atoms with Crippen molar-refractivity contribution in [3.05, 3.63) is 89.9 Å². The minimum absolute atomic E-state index is 0.0263. The van der Waals surface area contributed by atoms with Crippen LogP contribution in [0.25, 0.3) is 0 Å². The Morgan fingerprint density at radius 3 is 2.41 bits per heavy atom. The molecule has 39 heavy (non-hydrogen) atoms. The van der Waals surface area contributed by atoms with Crippen LogP contribution in [0.1, 0.15) is 36.7 Å². The van der Waals surface area contributed by atoms with Gasteiger partial charge < -0.3 is 19.3 Å². The van der Waals surface area contributed by atoms with Gasteiger partial charge in [0.1, 0.15) is 23.9 Å². The Kier molecular flexibility index (Phi) is 8.95. The number of rotatable bonds is 12. The molecule has 4 aromatic rings. The summed E-state index contributed by atoms with van der Waals surface area (Å²) in [6.45, 7) is 3.61. The summed E-state index contributed by atoms with van der Waals surface area (Å²) in [4.78, 5) is 13.1. The van der Waals surface area contributed by atoms with Gasteiger partial charge in [0.05, 0.1) is 13.7 Å². The molecule has 0 atom stereocenters. The normalized spacial score (nSPS) is 11.3. The van der Waals surface area contributed by atoms with E-state index in [-0.39, 0.29) is 53.9 Å². The number of sulfonamides is 1. The van der Waals surface area contributed by atoms with Crippen molar-refractivity contribution >= 4 is 15.8 Å². The van der Waals surface area contributed by atoms with Crippen LogP contribution in [-0.4, -0.2) is 48.8 Å². The molecular weight excluding hydrogens is 520 g/mol. The molecule has 0 radical (unpaired) electrons. The van der Waals surface area contributed by atoms with Crippen LogP contribution < -0.4 is 18.9 Å². The molecule has 0 bridgehead atoms. The van der Waals surface area contributed by atoms with Crippen molar-refractivity contribution in [3.8, 4) is 23.1 Å². The SMILES string of the molecule is COc1cccc(Cc2nc(NS(=O)(=O)c3ccc(C(C)C)cn3)c(Oc3ccccc3)c(OCCO)n2)c1. The Balaban J connectivity index is 1.79. The average molecular weight is 551 g/mol. The number of aromatic nitrogens is 3. The molecule has 11 heteroatoms. The first kappa shape index (κ1) is 27.8. The van der Waals surface area contributed by atoms with Gasteiger partial charge >= 0.3 is 0 Å². The number of hydrogen-bond acceptors (Lipinski definition) is 9. The predicted octanol–water partition coefficient (Wildman–Crippen LogP) is 4.56. The van der Waals surface area contributed by atoms with E-state index >= 15 is 0 Å². The Morgan fingerprint density at radius 2 is 1.74 bits per heavy atom. The van der Waals surface area contributed by atoms with Crippen molar-refractivity contribution in [3.63, 3.8) is 0 Å². The first-order valence-electron chi connectivity index (χ1n) is 12.3. The zero-order valence-corrected chi connectivity index (χ0v) is 22.7. The molecule has 0 aliphatic rings. The fourth-order valence-electron chi connectivity index (χ4n) is 3.60. The van der Waals surface area contributed by atoms with Gasteiger partial charge in [0.2, 0.25) is 5.75 Å². The lowest BCUT2D eigenvalue weighted by Gasteiger charge is -2.17. The third kappa shape index (κ3) is 7.21. The molecule has 2 aromatic heterocycles. The summed E-state index contributed by atoms with van der Waals surface area (Å²) in [5, 5.41) is 9.22. The molecule has 2 heterocycles. The predicted molar refractivity (Wildman–Crippen MR) is 146 cm³/mol. The molecule has 0 fully saturated rings. The van der Waals surface area contributed by atoms with Crippen LogP contribution in [0.4, 0.5) is 5.82 Å². The van der Waals surface area contributed by atoms with Crippen molar-refractivity contribution in [1.82, 2.24) is 15.0 Å². The zero-order chi connectivity index (χ0) is 27.8. The first-order chi connectivity index (χ1) is 18.8. The number of ether oxygens (including phenoxy) is 3. The second kappa shape index (κ2) is 12.5. The number of methoxy groups -OCH3 is 1. The third-order valence-electron chi connectivity index (χ3n) is 5.60. The van der Waals surface area contributed by atoms with E-state index in [4.69, 9.17) is 14.2 Å². The molecule has 0 saturated heterocycles. The summed E-state index contributed by atoms with van der Waals surface area (Å²) in [6, 6.07) is 19.3. The Hall–Kier alpha value is -4.22. The molecule has 0 aliphatic heterocycles. The monoisotopic (exact) mass is 550 g/mol. The van der Waals surface area contributed by atoms with Gasteiger partial charge in [0, 0.05) is 12.6 Å². The summed E-state index contributed by atoms with van der Waals surface area (Å²) >= 11 is 0. The van der Waals surface area contributed by atoms with E-state index < -0.39 is 10.0 Å². The van der Waals surface area contributed by atoms with E-state index in [1.807, 2.05) is 44.2 Å². The van der Waals surface area contributed by atoms with Crippen molar-refractivity contribution in [2.75, 3.05) is 25.0 Å². The molecule has 10 nitrogen and oxygen atoms in total. The summed E-state index contributed by atoms with van der Waals surface area (Å²) in [5.74, 6) is 1.32. The standard InChI is InChI=1S/C28H30N4O6S/c1-19(2)21-12-13-25(29-18-21)39(34,35)32-27-26(38-22-9-5-4-6-10-22)28(37-15-14-33)31-24(30-27)17-20-8-7-11-23(16-20)36-3/h4-13,16,18-19,33H,14-15,17H2,1-3H3,(H,30,31,32). The van der Waals surface area contributed by atoms with Crippen LogP contribution >= 0.6 is 0 Å². The maximum atomic E-state index is 13.4. The molecular formula is C28H30N4O6S. The number of anilines is 1. The van der Waals surface area contributed by atoms with Crippen LogP contribution in [0.2, 0.25) is 0 Å². The molecule has 0 aliphatic carbocycles. The van der Waals surface area contributed by atoms with Gasteiger partial charge in [-0.15, -0.1) is 0 Å². The number of pyridine rings is 1. The number of nitrogens with zero attached hydrogens (tertiary/aromatic N) is 3. The van der Waals surface area contributed by atoms with Crippen LogP contribution in [0.3, 0.4) is 0 Å². The maximum absolute atomic E-state index is 13.4. The summed E-state index contributed by atoms with van der Waals surface area (Å²) in [6.07, 6.45) is 1.78. The lowest BCUT2D eigenvalue weighted by Crippen LogP contribution is -2.18. The minimum Gasteiger partial charge on any atom is -0.497 e. The largest absolute Gasteiger partial charge is 0.497 e. The number of aliphatic hydroxyl groups is 1. The highest BCUT2D eigenvalue weighted by molar-refractivity contribution is 7.92. The quantitative estimate of drug-likeness (QED) is 0.260. The highest BCUT2D eigenvalue weighted by Gasteiger charge is 2.25. The molecule has 2 N–H and O–H groups in total. The van der Waals surface area contributed by atoms with Gasteiger partial charge in [-0.3, -0.25) is 4.72 Å². The highest BCUT2D eigenvalue weighted by atomic mass is 32.2. The van der Waals surface area contributed by atoms with E-state index in [0.29, 0.717) is 11.5 Å². The Bertz CT molecular complexity index is 1500. The van der Waals surface area contributed by atoms with E-state index in [1.54, 1.807) is 37.4 Å². The second-order valence-electron chi connectivity index (χ2n) is 8.83. The van der Waals surface area contributed by atoms with Crippen molar-refractivity contribution < 1.29 is 27.7 Å². The second-order valence-corrected chi connectivity index (χ2v) is 10.5. The first-order valence-corrected chi connectivity index (χ1v) is 13.8. The molecule has 204 valence electrons. The highest BCUT2D eigenvalue weighted by Crippen LogP contribution is 2.38. The molecule has 2 aromatic carbocycles. The maximum Gasteiger partial charge on any atom is 0.280 e. The third-order valence-corrected chi connectivity index (χ3v) is 6.86. The van der Waals surface area contributed by atoms with E-state index in [9.17, 15) is 13.5 Å². The lowest BCUT2D eigenvalue weighted by molar-refractivity contribution is 0.192. The molecule has 0 unspecified atom stereocenters. The zero-order valence-electron chi connectivity index (χ0n) is 21.9. The Morgan fingerprint density at radius 1 is 0.974 bits per heavy atom. The van der Waals surface area contributed by atoms with Crippen molar-refractivity contribution in [1.29, 1.82) is 0 Å². The van der Waals surface area contributed by atoms with Crippen LogP contribution in [0.5, 0.6) is 23.1 Å². The van der Waals surface area contributed by atoms with Crippen molar-refractivity contribution in [2.45, 2.75) is 31.2 Å². The fourth-order valence-corrected chi connectivity index (χ4v) is 4.53. The van der Waals surface area contributed by atoms with E-state index in [0.717, 1.165) is 11.1 Å². The van der Waals surface area contributed by atoms with E-state index in [1.165, 1.54) is 12.3 Å². The molecule has 0 spiro atoms. The summed E-state index contributed by atoms with van der Waals surface area (Å²) in [7, 11) is -2.59. The van der Waals surface area contributed by atoms with Gasteiger partial charge in [0.15, 0.2) is 10.8 Å². The van der Waals surface area contributed by atoms with Gasteiger partial charge in [0.25, 0.3) is 15.9 Å². The molecule has 0 amide bonds. The Labute approximate surface area is 227 Å². The number of para-hydroxylation sites is 1. The van der Waals surface area contributed by atoms with Gasteiger partial charge in [-0.25, -0.2) is 9.97 Å². The van der Waals surface area contributed by atoms with Crippen LogP contribution in [0, 0.1) is 0 Å². The lowest BCUT2D eigenvalue weighted by atomic mass is 10.1. The van der Waals surface area contributed by atoms with Gasteiger partial charge in [-0.05, 0) is 47.4 Å². The fraction of sp³-hybridized carbons (Fsp3) is 0.250. The van der Waals surface area contributed by atoms with Gasteiger partial charge in [-0.1, -0.05) is 50.2 Å². The summed E-state index contributed by atoms with van der Waals surface area (Å²) in [5.41, 5.74) is 1.74. The molecule has 4 rings (SSSR count). The summed E-state index contributed by atoms with van der Waals surface area (Å²) < 4.78 is 46.3. The number of benzene rings is 2. The van der Waals surface area contributed by atoms with Gasteiger partial charge in [-0.2, -0.15) is 13.4 Å². The minimum atomic E-state index is -4.16. The van der Waals surface area contributed by atoms with Crippen LogP contribution in [0.15, 0.2) is 78.0 Å². The van der Waals surface area contributed by atoms with Crippen LogP contribution in [-0.2, 0) is 16.4 Å².